The van der Waals surface area contributed by atoms with Crippen molar-refractivity contribution in [3.63, 3.8) is 0 Å². The maximum atomic E-state index is 13.1. The zero-order valence-corrected chi connectivity index (χ0v) is 15.1. The summed E-state index contributed by atoms with van der Waals surface area (Å²) in [5, 5.41) is 12.0. The Kier molecular flexibility index (Phi) is 3.82. The first-order valence-corrected chi connectivity index (χ1v) is 9.34. The van der Waals surface area contributed by atoms with Gasteiger partial charge < -0.3 is 5.32 Å². The molecule has 0 unspecified atom stereocenters. The lowest BCUT2D eigenvalue weighted by atomic mass is 9.98. The molecule has 0 saturated heterocycles. The number of benzene rings is 1. The quantitative estimate of drug-likeness (QED) is 0.720. The van der Waals surface area contributed by atoms with Crippen molar-refractivity contribution in [3.8, 4) is 11.1 Å². The Morgan fingerprint density at radius 2 is 2.04 bits per heavy atom. The molecule has 136 valence electrons. The number of nitrogens with one attached hydrogen (secondary N) is 1. The van der Waals surface area contributed by atoms with Gasteiger partial charge in [-0.05, 0) is 60.6 Å². The van der Waals surface area contributed by atoms with Gasteiger partial charge in [-0.1, -0.05) is 11.6 Å². The van der Waals surface area contributed by atoms with Crippen molar-refractivity contribution in [3.05, 3.63) is 47.2 Å². The summed E-state index contributed by atoms with van der Waals surface area (Å²) in [4.78, 5) is 16.2. The third-order valence-electron chi connectivity index (χ3n) is 5.13. The number of alkyl halides is 1. The van der Waals surface area contributed by atoms with Crippen LogP contribution in [0, 0.1) is 5.92 Å². The first-order chi connectivity index (χ1) is 13.1. The van der Waals surface area contributed by atoms with E-state index in [2.05, 4.69) is 26.6 Å². The summed E-state index contributed by atoms with van der Waals surface area (Å²) in [6.45, 7) is 0. The summed E-state index contributed by atoms with van der Waals surface area (Å²) in [5.41, 5.74) is 3.85. The smallest absolute Gasteiger partial charge is 0.231 e. The molecule has 2 atom stereocenters. The lowest BCUT2D eigenvalue weighted by Crippen LogP contribution is -2.16. The van der Waals surface area contributed by atoms with Gasteiger partial charge in [-0.3, -0.25) is 9.78 Å². The standard InChI is InChI=1S/C20H16ClFN4O/c21-16-6-11(15-9-23-4-3-13(15)10-1-2-10)5-12-7-18(25-26-19(12)16)24-20(27)14-8-17(14)22/h3-7,9-10,14,17H,1-2,8H2,(H,24,25,27)/t14-,17+/m1/s1. The molecule has 3 aromatic rings. The molecule has 2 fully saturated rings. The Balaban J connectivity index is 1.54. The Hall–Kier alpha value is -2.60. The van der Waals surface area contributed by atoms with Gasteiger partial charge in [0.15, 0.2) is 5.82 Å². The number of hydrogen-bond acceptors (Lipinski definition) is 4. The van der Waals surface area contributed by atoms with Crippen LogP contribution in [0.25, 0.3) is 22.0 Å². The number of anilines is 1. The lowest BCUT2D eigenvalue weighted by Gasteiger charge is -2.11. The summed E-state index contributed by atoms with van der Waals surface area (Å²) < 4.78 is 13.1. The van der Waals surface area contributed by atoms with Crippen LogP contribution < -0.4 is 5.32 Å². The van der Waals surface area contributed by atoms with Crippen LogP contribution in [0.15, 0.2) is 36.7 Å². The molecular formula is C20H16ClFN4O. The molecule has 0 aliphatic heterocycles. The van der Waals surface area contributed by atoms with E-state index >= 15 is 0 Å². The highest BCUT2D eigenvalue weighted by Gasteiger charge is 2.43. The molecule has 2 aromatic heterocycles. The minimum absolute atomic E-state index is 0.272. The molecule has 1 amide bonds. The Morgan fingerprint density at radius 1 is 1.22 bits per heavy atom. The van der Waals surface area contributed by atoms with E-state index in [0.29, 0.717) is 22.3 Å². The first kappa shape index (κ1) is 16.6. The molecule has 5 rings (SSSR count). The molecule has 5 nitrogen and oxygen atoms in total. The second kappa shape index (κ2) is 6.23. The predicted octanol–water partition coefficient (Wildman–Crippen LogP) is 4.52. The van der Waals surface area contributed by atoms with E-state index in [1.807, 2.05) is 24.5 Å². The Bertz CT molecular complexity index is 1070. The number of aromatic nitrogens is 3. The number of rotatable bonds is 4. The van der Waals surface area contributed by atoms with Crippen LogP contribution in [-0.2, 0) is 4.79 Å². The zero-order valence-electron chi connectivity index (χ0n) is 14.3. The van der Waals surface area contributed by atoms with Crippen molar-refractivity contribution in [2.45, 2.75) is 31.4 Å². The van der Waals surface area contributed by atoms with E-state index in [-0.39, 0.29) is 12.3 Å². The number of carbonyl (C=O) groups excluding carboxylic acids is 1. The normalized spacial score (nSPS) is 21.3. The van der Waals surface area contributed by atoms with E-state index < -0.39 is 12.1 Å². The summed E-state index contributed by atoms with van der Waals surface area (Å²) in [6.07, 6.45) is 5.28. The minimum atomic E-state index is -1.05. The molecule has 27 heavy (non-hydrogen) atoms. The highest BCUT2D eigenvalue weighted by Crippen LogP contribution is 2.44. The summed E-state index contributed by atoms with van der Waals surface area (Å²) in [7, 11) is 0. The van der Waals surface area contributed by atoms with Crippen LogP contribution in [0.5, 0.6) is 0 Å². The Morgan fingerprint density at radius 3 is 2.78 bits per heavy atom. The topological polar surface area (TPSA) is 67.8 Å². The van der Waals surface area contributed by atoms with Gasteiger partial charge in [0.05, 0.1) is 10.9 Å². The molecule has 2 heterocycles. The van der Waals surface area contributed by atoms with Crippen LogP contribution in [0.1, 0.15) is 30.7 Å². The van der Waals surface area contributed by atoms with Crippen LogP contribution in [0.4, 0.5) is 10.2 Å². The molecule has 0 spiro atoms. The van der Waals surface area contributed by atoms with E-state index in [1.165, 1.54) is 18.4 Å². The number of halogens is 2. The van der Waals surface area contributed by atoms with Gasteiger partial charge >= 0.3 is 0 Å². The predicted molar refractivity (Wildman–Crippen MR) is 101 cm³/mol. The van der Waals surface area contributed by atoms with E-state index in [0.717, 1.165) is 16.5 Å². The van der Waals surface area contributed by atoms with Gasteiger partial charge in [0.25, 0.3) is 0 Å². The Labute approximate surface area is 160 Å². The van der Waals surface area contributed by atoms with Crippen molar-refractivity contribution >= 4 is 34.2 Å². The van der Waals surface area contributed by atoms with Crippen molar-refractivity contribution < 1.29 is 9.18 Å². The van der Waals surface area contributed by atoms with Crippen LogP contribution in [0.3, 0.4) is 0 Å². The van der Waals surface area contributed by atoms with Gasteiger partial charge in [0, 0.05) is 23.3 Å². The molecule has 7 heteroatoms. The summed E-state index contributed by atoms with van der Waals surface area (Å²) >= 11 is 6.44. The molecule has 2 aliphatic rings. The average molecular weight is 383 g/mol. The maximum absolute atomic E-state index is 13.1. The first-order valence-electron chi connectivity index (χ1n) is 8.96. The SMILES string of the molecule is O=C(Nc1cc2cc(-c3cnccc3C3CC3)cc(Cl)c2nn1)[C@@H]1C[C@@H]1F. The summed E-state index contributed by atoms with van der Waals surface area (Å²) in [6, 6.07) is 7.63. The third-order valence-corrected chi connectivity index (χ3v) is 5.41. The maximum Gasteiger partial charge on any atom is 0.231 e. The van der Waals surface area contributed by atoms with E-state index in [1.54, 1.807) is 6.07 Å². The van der Waals surface area contributed by atoms with Crippen molar-refractivity contribution in [1.29, 1.82) is 0 Å². The highest BCUT2D eigenvalue weighted by atomic mass is 35.5. The van der Waals surface area contributed by atoms with Crippen LogP contribution in [-0.4, -0.2) is 27.3 Å². The fraction of sp³-hybridized carbons (Fsp3) is 0.300. The number of amides is 1. The van der Waals surface area contributed by atoms with E-state index in [9.17, 15) is 9.18 Å². The number of pyridine rings is 1. The number of carbonyl (C=O) groups is 1. The molecule has 2 aliphatic carbocycles. The molecule has 0 bridgehead atoms. The van der Waals surface area contributed by atoms with E-state index in [4.69, 9.17) is 11.6 Å². The van der Waals surface area contributed by atoms with Crippen LogP contribution in [0.2, 0.25) is 5.02 Å². The second-order valence-corrected chi connectivity index (χ2v) is 7.62. The van der Waals surface area contributed by atoms with Gasteiger partial charge in [-0.15, -0.1) is 10.2 Å². The van der Waals surface area contributed by atoms with Crippen LogP contribution >= 0.6 is 11.6 Å². The monoisotopic (exact) mass is 382 g/mol. The molecule has 1 aromatic carbocycles. The van der Waals surface area contributed by atoms with Gasteiger partial charge in [-0.2, -0.15) is 0 Å². The fourth-order valence-electron chi connectivity index (χ4n) is 3.38. The summed E-state index contributed by atoms with van der Waals surface area (Å²) in [5.74, 6) is -0.0564. The third kappa shape index (κ3) is 3.14. The van der Waals surface area contributed by atoms with Gasteiger partial charge in [-0.25, -0.2) is 4.39 Å². The molecular weight excluding hydrogens is 367 g/mol. The second-order valence-electron chi connectivity index (χ2n) is 7.21. The minimum Gasteiger partial charge on any atom is -0.309 e. The largest absolute Gasteiger partial charge is 0.309 e. The molecule has 1 N–H and O–H groups in total. The van der Waals surface area contributed by atoms with Gasteiger partial charge in [0.1, 0.15) is 11.7 Å². The average Bonchev–Trinajstić information content (AvgIpc) is 3.57. The zero-order chi connectivity index (χ0) is 18.5. The number of fused-ring (bicyclic) bond motifs is 1. The van der Waals surface area contributed by atoms with Crippen molar-refractivity contribution in [2.75, 3.05) is 5.32 Å². The number of hydrogen-bond donors (Lipinski definition) is 1. The fourth-order valence-corrected chi connectivity index (χ4v) is 3.65. The van der Waals surface area contributed by atoms with Crippen molar-refractivity contribution in [2.24, 2.45) is 5.92 Å². The van der Waals surface area contributed by atoms with Gasteiger partial charge in [0.2, 0.25) is 5.91 Å². The molecule has 0 radical (unpaired) electrons. The number of nitrogens with zero attached hydrogens (tertiary/aromatic N) is 3. The van der Waals surface area contributed by atoms with Crippen molar-refractivity contribution in [1.82, 2.24) is 15.2 Å². The molecule has 2 saturated carbocycles. The lowest BCUT2D eigenvalue weighted by molar-refractivity contribution is -0.117. The highest BCUT2D eigenvalue weighted by molar-refractivity contribution is 6.35.